The van der Waals surface area contributed by atoms with Gasteiger partial charge >= 0.3 is 5.97 Å². The number of imidazole rings is 1. The summed E-state index contributed by atoms with van der Waals surface area (Å²) in [5, 5.41) is 0. The molecule has 1 atom stereocenters. The molecule has 7 heteroatoms. The van der Waals surface area contributed by atoms with Gasteiger partial charge in [-0.2, -0.15) is 0 Å². The van der Waals surface area contributed by atoms with E-state index in [4.69, 9.17) is 16.3 Å². The third-order valence-corrected chi connectivity index (χ3v) is 3.93. The van der Waals surface area contributed by atoms with Crippen molar-refractivity contribution < 1.29 is 13.9 Å². The van der Waals surface area contributed by atoms with Crippen LogP contribution in [-0.2, 0) is 16.0 Å². The van der Waals surface area contributed by atoms with Crippen molar-refractivity contribution in [2.75, 3.05) is 12.5 Å². The van der Waals surface area contributed by atoms with Crippen molar-refractivity contribution in [2.24, 2.45) is 0 Å². The van der Waals surface area contributed by atoms with Crippen molar-refractivity contribution in [1.29, 1.82) is 0 Å². The molecular weight excluding hydrogens is 363 g/mol. The van der Waals surface area contributed by atoms with Crippen LogP contribution in [0.2, 0.25) is 0 Å². The van der Waals surface area contributed by atoms with Crippen molar-refractivity contribution in [3.63, 3.8) is 0 Å². The van der Waals surface area contributed by atoms with E-state index in [9.17, 15) is 9.18 Å². The van der Waals surface area contributed by atoms with Crippen molar-refractivity contribution in [1.82, 2.24) is 9.55 Å². The van der Waals surface area contributed by atoms with E-state index in [-0.39, 0.29) is 5.97 Å². The number of aryl methyl sites for hydroxylation is 1. The van der Waals surface area contributed by atoms with Crippen LogP contribution in [0.5, 0.6) is 0 Å². The van der Waals surface area contributed by atoms with Gasteiger partial charge in [0.25, 0.3) is 0 Å². The lowest BCUT2D eigenvalue weighted by molar-refractivity contribution is -0.146. The van der Waals surface area contributed by atoms with Crippen molar-refractivity contribution in [3.8, 4) is 0 Å². The molecular formula is C14H15BrClFN2O2. The van der Waals surface area contributed by atoms with Crippen molar-refractivity contribution in [3.05, 3.63) is 28.2 Å². The predicted molar refractivity (Wildman–Crippen MR) is 83.2 cm³/mol. The van der Waals surface area contributed by atoms with Crippen LogP contribution in [0.1, 0.15) is 25.7 Å². The maximum absolute atomic E-state index is 13.6. The van der Waals surface area contributed by atoms with E-state index in [1.807, 2.05) is 0 Å². The summed E-state index contributed by atoms with van der Waals surface area (Å²) in [7, 11) is 0. The topological polar surface area (TPSA) is 44.1 Å². The number of aromatic nitrogens is 2. The standard InChI is InChI=1S/C14H15BrClFN2O2/c1-3-21-14(20)8(2)19-12-6-9(15)10(17)7-11(12)18-13(19)4-5-16/h6-8H,3-5H2,1-2H3. The Hall–Kier alpha value is -1.14. The Labute approximate surface area is 135 Å². The number of benzene rings is 1. The fourth-order valence-corrected chi connectivity index (χ4v) is 2.70. The molecule has 1 aromatic heterocycles. The third kappa shape index (κ3) is 3.21. The Bertz CT molecular complexity index is 675. The predicted octanol–water partition coefficient (Wildman–Crippen LogP) is 3.84. The summed E-state index contributed by atoms with van der Waals surface area (Å²) in [5.41, 5.74) is 1.16. The minimum absolute atomic E-state index is 0.305. The van der Waals surface area contributed by atoms with Gasteiger partial charge in [0.05, 0.1) is 22.1 Å². The molecule has 1 heterocycles. The second kappa shape index (κ2) is 6.75. The van der Waals surface area contributed by atoms with E-state index in [0.29, 0.717) is 40.2 Å². The Morgan fingerprint density at radius 2 is 2.29 bits per heavy atom. The SMILES string of the molecule is CCOC(=O)C(C)n1c(CCCl)nc2cc(F)c(Br)cc21. The lowest BCUT2D eigenvalue weighted by Gasteiger charge is -2.16. The maximum atomic E-state index is 13.6. The first kappa shape index (κ1) is 16.2. The molecule has 4 nitrogen and oxygen atoms in total. The monoisotopic (exact) mass is 376 g/mol. The Kier molecular flexibility index (Phi) is 5.22. The van der Waals surface area contributed by atoms with E-state index < -0.39 is 11.9 Å². The summed E-state index contributed by atoms with van der Waals surface area (Å²) in [5.74, 6) is 0.252. The van der Waals surface area contributed by atoms with Gasteiger partial charge in [-0.1, -0.05) is 0 Å². The maximum Gasteiger partial charge on any atom is 0.328 e. The molecule has 0 saturated carbocycles. The van der Waals surface area contributed by atoms with Crippen molar-refractivity contribution in [2.45, 2.75) is 26.3 Å². The van der Waals surface area contributed by atoms with E-state index >= 15 is 0 Å². The van der Waals surface area contributed by atoms with Crippen LogP contribution in [0.25, 0.3) is 11.0 Å². The summed E-state index contributed by atoms with van der Waals surface area (Å²) in [6, 6.07) is 2.40. The highest BCUT2D eigenvalue weighted by atomic mass is 79.9. The van der Waals surface area contributed by atoms with Crippen LogP contribution in [0.3, 0.4) is 0 Å². The van der Waals surface area contributed by atoms with Gasteiger partial charge in [0.1, 0.15) is 17.7 Å². The van der Waals surface area contributed by atoms with Gasteiger partial charge in [-0.25, -0.2) is 14.2 Å². The average molecular weight is 378 g/mol. The molecule has 2 aromatic rings. The van der Waals surface area contributed by atoms with Gasteiger partial charge in [-0.15, -0.1) is 11.6 Å². The molecule has 2 rings (SSSR count). The number of halogens is 3. The lowest BCUT2D eigenvalue weighted by atomic mass is 10.2. The Balaban J connectivity index is 2.60. The number of rotatable bonds is 5. The molecule has 0 aliphatic rings. The zero-order valence-corrected chi connectivity index (χ0v) is 14.0. The summed E-state index contributed by atoms with van der Waals surface area (Å²) < 4.78 is 20.8. The number of fused-ring (bicyclic) bond motifs is 1. The molecule has 0 bridgehead atoms. The normalized spacial score (nSPS) is 12.6. The van der Waals surface area contributed by atoms with Gasteiger partial charge in [0.2, 0.25) is 0 Å². The van der Waals surface area contributed by atoms with E-state index in [0.717, 1.165) is 0 Å². The molecule has 114 valence electrons. The Morgan fingerprint density at radius 3 is 2.90 bits per heavy atom. The third-order valence-electron chi connectivity index (χ3n) is 3.14. The minimum Gasteiger partial charge on any atom is -0.464 e. The fourth-order valence-electron chi connectivity index (χ4n) is 2.20. The summed E-state index contributed by atoms with van der Waals surface area (Å²) in [6.07, 6.45) is 0.485. The van der Waals surface area contributed by atoms with Gasteiger partial charge in [-0.05, 0) is 35.8 Å². The van der Waals surface area contributed by atoms with Crippen molar-refractivity contribution >= 4 is 44.5 Å². The minimum atomic E-state index is -0.550. The molecule has 0 fully saturated rings. The van der Waals surface area contributed by atoms with Crippen LogP contribution in [0.4, 0.5) is 4.39 Å². The quantitative estimate of drug-likeness (QED) is 0.587. The molecule has 0 spiro atoms. The lowest BCUT2D eigenvalue weighted by Crippen LogP contribution is -2.21. The molecule has 1 aromatic carbocycles. The molecule has 0 aliphatic heterocycles. The number of hydrogen-bond acceptors (Lipinski definition) is 3. The van der Waals surface area contributed by atoms with Crippen LogP contribution >= 0.6 is 27.5 Å². The average Bonchev–Trinajstić information content (AvgIpc) is 2.76. The highest BCUT2D eigenvalue weighted by molar-refractivity contribution is 9.10. The van der Waals surface area contributed by atoms with Gasteiger partial charge < -0.3 is 9.30 Å². The number of esters is 1. The number of carbonyl (C=O) groups is 1. The summed E-state index contributed by atoms with van der Waals surface area (Å²) in [6.45, 7) is 3.79. The molecule has 1 unspecified atom stereocenters. The second-order valence-corrected chi connectivity index (χ2v) is 5.75. The zero-order chi connectivity index (χ0) is 15.6. The first-order valence-electron chi connectivity index (χ1n) is 6.58. The number of carbonyl (C=O) groups excluding carboxylic acids is 1. The van der Waals surface area contributed by atoms with Crippen LogP contribution in [0.15, 0.2) is 16.6 Å². The molecule has 21 heavy (non-hydrogen) atoms. The van der Waals surface area contributed by atoms with Crippen LogP contribution in [0, 0.1) is 5.82 Å². The van der Waals surface area contributed by atoms with Gasteiger partial charge in [-0.3, -0.25) is 0 Å². The highest BCUT2D eigenvalue weighted by Crippen LogP contribution is 2.27. The first-order valence-corrected chi connectivity index (χ1v) is 7.90. The smallest absolute Gasteiger partial charge is 0.328 e. The van der Waals surface area contributed by atoms with Crippen LogP contribution < -0.4 is 0 Å². The molecule has 0 saturated heterocycles. The van der Waals surface area contributed by atoms with Gasteiger partial charge in [0, 0.05) is 18.4 Å². The summed E-state index contributed by atoms with van der Waals surface area (Å²) >= 11 is 8.95. The van der Waals surface area contributed by atoms with Gasteiger partial charge in [0.15, 0.2) is 0 Å². The summed E-state index contributed by atoms with van der Waals surface area (Å²) in [4.78, 5) is 16.4. The molecule has 0 radical (unpaired) electrons. The molecule has 0 N–H and O–H groups in total. The number of alkyl halides is 1. The number of ether oxygens (including phenoxy) is 1. The highest BCUT2D eigenvalue weighted by Gasteiger charge is 2.23. The van der Waals surface area contributed by atoms with E-state index in [1.165, 1.54) is 6.07 Å². The van der Waals surface area contributed by atoms with E-state index in [2.05, 4.69) is 20.9 Å². The van der Waals surface area contributed by atoms with E-state index in [1.54, 1.807) is 24.5 Å². The Morgan fingerprint density at radius 1 is 1.57 bits per heavy atom. The molecule has 0 aliphatic carbocycles. The number of hydrogen-bond donors (Lipinski definition) is 0. The van der Waals surface area contributed by atoms with Crippen LogP contribution in [-0.4, -0.2) is 28.0 Å². The zero-order valence-electron chi connectivity index (χ0n) is 11.7. The number of nitrogens with zero attached hydrogens (tertiary/aromatic N) is 2. The second-order valence-electron chi connectivity index (χ2n) is 4.52. The fraction of sp³-hybridized carbons (Fsp3) is 0.429. The first-order chi connectivity index (χ1) is 9.99. The largest absolute Gasteiger partial charge is 0.464 e. The molecule has 0 amide bonds.